The molecule has 10 nitrogen and oxygen atoms in total. The van der Waals surface area contributed by atoms with E-state index in [1.807, 2.05) is 117 Å². The van der Waals surface area contributed by atoms with Crippen molar-refractivity contribution in [2.45, 2.75) is 53.5 Å². The zero-order valence-electron chi connectivity index (χ0n) is 33.5. The minimum Gasteiger partial charge on any atom is -0.494 e. The Bertz CT molecular complexity index is 2900. The van der Waals surface area contributed by atoms with E-state index < -0.39 is 0 Å². The summed E-state index contributed by atoms with van der Waals surface area (Å²) in [6.07, 6.45) is 3.34. The van der Waals surface area contributed by atoms with Gasteiger partial charge in [0.15, 0.2) is 0 Å². The first-order valence-electron chi connectivity index (χ1n) is 19.5. The van der Waals surface area contributed by atoms with Gasteiger partial charge in [0.25, 0.3) is 5.91 Å². The highest BCUT2D eigenvalue weighted by Gasteiger charge is 2.37. The number of benzene rings is 4. The number of carbonyl (C=O) groups excluding carboxylic acids is 1. The highest BCUT2D eigenvalue weighted by Crippen LogP contribution is 2.46. The summed E-state index contributed by atoms with van der Waals surface area (Å²) in [5.74, 6) is 1.57. The average Bonchev–Trinajstić information content (AvgIpc) is 3.97. The summed E-state index contributed by atoms with van der Waals surface area (Å²) < 4.78 is 18.6. The van der Waals surface area contributed by atoms with Gasteiger partial charge in [0.2, 0.25) is 11.8 Å². The van der Waals surface area contributed by atoms with Gasteiger partial charge in [-0.05, 0) is 113 Å². The molecule has 4 aromatic heterocycles. The second kappa shape index (κ2) is 14.5. The summed E-state index contributed by atoms with van der Waals surface area (Å²) in [5, 5.41) is 16.8. The van der Waals surface area contributed by atoms with E-state index in [4.69, 9.17) is 37.5 Å². The molecule has 0 N–H and O–H groups in total. The molecule has 12 heteroatoms. The van der Waals surface area contributed by atoms with Gasteiger partial charge in [-0.1, -0.05) is 47.5 Å². The van der Waals surface area contributed by atoms with Crippen LogP contribution in [0.5, 0.6) is 5.75 Å². The summed E-state index contributed by atoms with van der Waals surface area (Å²) in [6, 6.07) is 23.6. The number of anilines is 1. The maximum atomic E-state index is 15.3. The molecule has 0 aliphatic carbocycles. The maximum Gasteiger partial charge on any atom is 0.275 e. The van der Waals surface area contributed by atoms with Crippen molar-refractivity contribution in [3.05, 3.63) is 123 Å². The predicted molar refractivity (Wildman–Crippen MR) is 231 cm³/mol. The van der Waals surface area contributed by atoms with Gasteiger partial charge in [-0.25, -0.2) is 0 Å². The fourth-order valence-corrected chi connectivity index (χ4v) is 9.05. The Labute approximate surface area is 346 Å². The normalized spacial score (nSPS) is 14.3. The molecule has 9 rings (SSSR count). The van der Waals surface area contributed by atoms with E-state index in [0.29, 0.717) is 48.5 Å². The first-order chi connectivity index (χ1) is 27.9. The molecule has 1 aliphatic rings. The van der Waals surface area contributed by atoms with Crippen molar-refractivity contribution in [2.75, 3.05) is 18.1 Å². The third-order valence-corrected chi connectivity index (χ3v) is 12.4. The van der Waals surface area contributed by atoms with Gasteiger partial charge in [0.05, 0.1) is 28.5 Å². The molecule has 1 aliphatic heterocycles. The van der Waals surface area contributed by atoms with Crippen LogP contribution in [0.2, 0.25) is 10.0 Å². The second-order valence-electron chi connectivity index (χ2n) is 15.4. The largest absolute Gasteiger partial charge is 0.494 e. The van der Waals surface area contributed by atoms with E-state index in [1.165, 1.54) is 0 Å². The number of hydrogen-bond acceptors (Lipinski definition) is 6. The van der Waals surface area contributed by atoms with Crippen LogP contribution in [0, 0.1) is 27.7 Å². The summed E-state index contributed by atoms with van der Waals surface area (Å²) >= 11 is 13.6. The number of fused-ring (bicyclic) bond motifs is 4. The number of ether oxygens (including phenoxy) is 1. The lowest BCUT2D eigenvalue weighted by atomic mass is 9.98. The Morgan fingerprint density at radius 3 is 2.29 bits per heavy atom. The number of rotatable bonds is 9. The zero-order chi connectivity index (χ0) is 40.6. The lowest BCUT2D eigenvalue weighted by Gasteiger charge is -2.34. The molecule has 0 fully saturated rings. The minimum atomic E-state index is -0.0995. The van der Waals surface area contributed by atoms with Crippen LogP contribution in [0.15, 0.2) is 83.4 Å². The fraction of sp³-hybridized carbons (Fsp3) is 0.261. The van der Waals surface area contributed by atoms with Crippen molar-refractivity contribution >= 4 is 56.6 Å². The van der Waals surface area contributed by atoms with Crippen LogP contribution in [0.1, 0.15) is 58.0 Å². The van der Waals surface area contributed by atoms with Crippen molar-refractivity contribution in [3.8, 4) is 39.8 Å². The lowest BCUT2D eigenvalue weighted by molar-refractivity contribution is 0.0957. The minimum absolute atomic E-state index is 0.0714. The topological polar surface area (TPSA) is 96.1 Å². The van der Waals surface area contributed by atoms with Crippen molar-refractivity contribution in [1.29, 1.82) is 0 Å². The number of nitrogens with zero attached hydrogens (tertiary/aromatic N) is 7. The van der Waals surface area contributed by atoms with Gasteiger partial charge >= 0.3 is 0 Å². The van der Waals surface area contributed by atoms with Gasteiger partial charge in [0, 0.05) is 82.1 Å². The summed E-state index contributed by atoms with van der Waals surface area (Å²) in [4.78, 5) is 17.2. The van der Waals surface area contributed by atoms with E-state index in [9.17, 15) is 0 Å². The van der Waals surface area contributed by atoms with Crippen molar-refractivity contribution < 1.29 is 13.9 Å². The van der Waals surface area contributed by atoms with Crippen molar-refractivity contribution in [1.82, 2.24) is 29.1 Å². The van der Waals surface area contributed by atoms with E-state index in [1.54, 1.807) is 0 Å². The number of aromatic nitrogens is 6. The number of carbonyl (C=O) groups is 1. The number of hydrogen-bond donors (Lipinski definition) is 0. The van der Waals surface area contributed by atoms with E-state index in [0.717, 1.165) is 88.6 Å². The van der Waals surface area contributed by atoms with E-state index >= 15 is 4.79 Å². The smallest absolute Gasteiger partial charge is 0.275 e. The summed E-state index contributed by atoms with van der Waals surface area (Å²) in [5.41, 5.74) is 11.7. The molecule has 0 saturated heterocycles. The van der Waals surface area contributed by atoms with Crippen LogP contribution in [0.4, 0.5) is 5.69 Å². The highest BCUT2D eigenvalue weighted by molar-refractivity contribution is 6.35. The Kier molecular flexibility index (Phi) is 9.44. The van der Waals surface area contributed by atoms with Crippen LogP contribution >= 0.6 is 23.2 Å². The summed E-state index contributed by atoms with van der Waals surface area (Å²) in [7, 11) is 3.95. The molecule has 1 atom stereocenters. The molecule has 0 saturated carbocycles. The van der Waals surface area contributed by atoms with Gasteiger partial charge < -0.3 is 23.2 Å². The van der Waals surface area contributed by atoms with Gasteiger partial charge in [-0.15, -0.1) is 10.2 Å². The fourth-order valence-electron chi connectivity index (χ4n) is 8.69. The first-order valence-corrected chi connectivity index (χ1v) is 20.2. The third kappa shape index (κ3) is 6.17. The SMILES string of the molecule is Cc1cc(OCCCc2c3n(c4c(-c5c(C)nn(C)c5C)c(Cl)ccc24)C(C)CN(c2cn(C)c4ccc(-c5nnc(-c6ccccc6)o5)cc24)C3=O)cc(C)c1Cl. The highest BCUT2D eigenvalue weighted by atomic mass is 35.5. The molecular formula is C46H43Cl2N7O3. The molecule has 0 spiro atoms. The molecule has 5 heterocycles. The van der Waals surface area contributed by atoms with E-state index in [-0.39, 0.29) is 11.9 Å². The average molecular weight is 813 g/mol. The van der Waals surface area contributed by atoms with Crippen LogP contribution in [0.3, 0.4) is 0 Å². The standard InChI is InChI=1S/C46H43Cl2N7O3/c1-25-20-32(21-26(2)41(25)48)57-19-11-14-33-34-16-17-36(47)40(39-28(4)51-53(7)29(39)5)42(34)55-27(3)23-54(46(56)43(33)55)38-24-52(6)37-18-15-31(22-35(37)38)45-50-49-44(58-45)30-12-9-8-10-13-30/h8-10,12-13,15-18,20-22,24,27H,11,14,19,23H2,1-7H3. The Balaban J connectivity index is 1.15. The number of aryl methyl sites for hydroxylation is 6. The number of halogens is 2. The first kappa shape index (κ1) is 37.7. The summed E-state index contributed by atoms with van der Waals surface area (Å²) in [6.45, 7) is 11.1. The Hall–Kier alpha value is -5.84. The molecule has 1 unspecified atom stereocenters. The molecule has 294 valence electrons. The van der Waals surface area contributed by atoms with Crippen LogP contribution in [-0.4, -0.2) is 48.2 Å². The van der Waals surface area contributed by atoms with Crippen LogP contribution in [0.25, 0.3) is 55.8 Å². The molecule has 4 aromatic carbocycles. The van der Waals surface area contributed by atoms with E-state index in [2.05, 4.69) is 39.2 Å². The number of amides is 1. The Morgan fingerprint density at radius 2 is 1.59 bits per heavy atom. The quantitative estimate of drug-likeness (QED) is 0.135. The second-order valence-corrected chi connectivity index (χ2v) is 16.2. The molecule has 0 radical (unpaired) electrons. The van der Waals surface area contributed by atoms with Gasteiger partial charge in [-0.2, -0.15) is 5.10 Å². The lowest BCUT2D eigenvalue weighted by Crippen LogP contribution is -2.42. The molecule has 1 amide bonds. The molecule has 0 bridgehead atoms. The monoisotopic (exact) mass is 811 g/mol. The molecule has 8 aromatic rings. The van der Waals surface area contributed by atoms with Crippen molar-refractivity contribution in [3.63, 3.8) is 0 Å². The van der Waals surface area contributed by atoms with Crippen LogP contribution < -0.4 is 9.64 Å². The molecular weight excluding hydrogens is 769 g/mol. The Morgan fingerprint density at radius 1 is 0.862 bits per heavy atom. The predicted octanol–water partition coefficient (Wildman–Crippen LogP) is 11.0. The van der Waals surface area contributed by atoms with Gasteiger partial charge in [0.1, 0.15) is 11.4 Å². The third-order valence-electron chi connectivity index (χ3n) is 11.5. The van der Waals surface area contributed by atoms with Crippen molar-refractivity contribution in [2.24, 2.45) is 14.1 Å². The zero-order valence-corrected chi connectivity index (χ0v) is 35.0. The maximum absolute atomic E-state index is 15.3. The van der Waals surface area contributed by atoms with Crippen LogP contribution in [-0.2, 0) is 20.5 Å². The molecule has 58 heavy (non-hydrogen) atoms. The van der Waals surface area contributed by atoms with Gasteiger partial charge in [-0.3, -0.25) is 9.48 Å².